The molecule has 0 aromatic heterocycles. The van der Waals surface area contributed by atoms with E-state index in [4.69, 9.17) is 4.74 Å². The summed E-state index contributed by atoms with van der Waals surface area (Å²) in [6.45, 7) is 4.11. The topological polar surface area (TPSA) is 63.7 Å². The molecule has 5 nitrogen and oxygen atoms in total. The maximum absolute atomic E-state index is 11.6. The average Bonchev–Trinajstić information content (AvgIpc) is 2.72. The van der Waals surface area contributed by atoms with Gasteiger partial charge in [-0.3, -0.25) is 19.3 Å². The number of unbranched alkanes of at least 4 members (excludes halogenated alkanes) is 3. The second kappa shape index (κ2) is 8.51. The van der Waals surface area contributed by atoms with Gasteiger partial charge in [-0.15, -0.1) is 0 Å². The second-order valence-corrected chi connectivity index (χ2v) is 5.06. The van der Waals surface area contributed by atoms with Crippen LogP contribution in [0, 0.1) is 0 Å². The molecule has 0 fully saturated rings. The Morgan fingerprint density at radius 3 is 2.45 bits per heavy atom. The monoisotopic (exact) mass is 281 g/mol. The van der Waals surface area contributed by atoms with Gasteiger partial charge in [0.1, 0.15) is 0 Å². The number of ether oxygens (including phenoxy) is 1. The quantitative estimate of drug-likeness (QED) is 0.369. The van der Waals surface area contributed by atoms with Crippen LogP contribution in [0.4, 0.5) is 0 Å². The van der Waals surface area contributed by atoms with E-state index < -0.39 is 0 Å². The van der Waals surface area contributed by atoms with E-state index >= 15 is 0 Å². The summed E-state index contributed by atoms with van der Waals surface area (Å²) < 4.78 is 5.25. The van der Waals surface area contributed by atoms with Gasteiger partial charge in [0.15, 0.2) is 0 Å². The highest BCUT2D eigenvalue weighted by Crippen LogP contribution is 2.10. The normalized spacial score (nSPS) is 15.8. The molecule has 1 heterocycles. The number of nitrogens with zero attached hydrogens (tertiary/aromatic N) is 1. The van der Waals surface area contributed by atoms with Crippen molar-refractivity contribution < 1.29 is 19.1 Å². The second-order valence-electron chi connectivity index (χ2n) is 5.06. The first-order valence-corrected chi connectivity index (χ1v) is 7.27. The van der Waals surface area contributed by atoms with Crippen LogP contribution in [0.25, 0.3) is 0 Å². The summed E-state index contributed by atoms with van der Waals surface area (Å²) in [6.07, 6.45) is 7.81. The zero-order chi connectivity index (χ0) is 15.0. The van der Waals surface area contributed by atoms with E-state index in [0.717, 1.165) is 24.2 Å². The molecule has 112 valence electrons. The molecule has 1 aliphatic heterocycles. The maximum Gasteiger partial charge on any atom is 0.307 e. The first-order valence-electron chi connectivity index (χ1n) is 7.27. The Labute approximate surface area is 120 Å². The van der Waals surface area contributed by atoms with E-state index in [2.05, 4.69) is 6.92 Å². The van der Waals surface area contributed by atoms with Crippen LogP contribution in [-0.2, 0) is 19.1 Å². The Morgan fingerprint density at radius 1 is 1.20 bits per heavy atom. The summed E-state index contributed by atoms with van der Waals surface area (Å²) in [5.41, 5.74) is 0. The Bertz CT molecular complexity index is 371. The van der Waals surface area contributed by atoms with Crippen molar-refractivity contribution in [1.29, 1.82) is 0 Å². The van der Waals surface area contributed by atoms with Crippen LogP contribution in [0.2, 0.25) is 0 Å². The lowest BCUT2D eigenvalue weighted by molar-refractivity contribution is -0.149. The van der Waals surface area contributed by atoms with Gasteiger partial charge in [-0.05, 0) is 19.8 Å². The molecule has 0 spiro atoms. The number of imide groups is 1. The number of rotatable bonds is 9. The molecule has 0 aromatic carbocycles. The van der Waals surface area contributed by atoms with E-state index in [-0.39, 0.29) is 36.9 Å². The minimum absolute atomic E-state index is 0.0540. The molecule has 20 heavy (non-hydrogen) atoms. The zero-order valence-electron chi connectivity index (χ0n) is 12.3. The van der Waals surface area contributed by atoms with Crippen LogP contribution in [0.1, 0.15) is 52.4 Å². The Hall–Kier alpha value is -1.65. The minimum atomic E-state index is -0.365. The van der Waals surface area contributed by atoms with E-state index in [0.29, 0.717) is 0 Å². The van der Waals surface area contributed by atoms with Gasteiger partial charge in [-0.25, -0.2) is 0 Å². The van der Waals surface area contributed by atoms with Crippen molar-refractivity contribution in [2.75, 3.05) is 6.54 Å². The summed E-state index contributed by atoms with van der Waals surface area (Å²) in [4.78, 5) is 35.2. The standard InChI is InChI=1S/C15H23NO4/c1-3-4-5-6-7-12(2)20-15(19)10-11-16-13(17)8-9-14(16)18/h8-9,12H,3-7,10-11H2,1-2H3. The Kier molecular flexibility index (Phi) is 6.98. The number of hydrogen-bond acceptors (Lipinski definition) is 4. The third-order valence-corrected chi connectivity index (χ3v) is 3.24. The zero-order valence-corrected chi connectivity index (χ0v) is 12.3. The lowest BCUT2D eigenvalue weighted by atomic mass is 10.1. The third kappa shape index (κ3) is 5.55. The molecule has 0 bridgehead atoms. The molecule has 0 saturated heterocycles. The van der Waals surface area contributed by atoms with Gasteiger partial charge in [0.25, 0.3) is 11.8 Å². The Morgan fingerprint density at radius 2 is 1.85 bits per heavy atom. The molecule has 0 radical (unpaired) electrons. The number of carbonyl (C=O) groups excluding carboxylic acids is 3. The number of esters is 1. The third-order valence-electron chi connectivity index (χ3n) is 3.24. The summed E-state index contributed by atoms with van der Waals surface area (Å²) in [6, 6.07) is 0. The molecule has 0 aliphatic carbocycles. The van der Waals surface area contributed by atoms with E-state index in [1.165, 1.54) is 25.0 Å². The van der Waals surface area contributed by atoms with Gasteiger partial charge in [0.2, 0.25) is 0 Å². The minimum Gasteiger partial charge on any atom is -0.463 e. The average molecular weight is 281 g/mol. The van der Waals surface area contributed by atoms with Crippen LogP contribution in [0.3, 0.4) is 0 Å². The van der Waals surface area contributed by atoms with E-state index in [1.807, 2.05) is 6.92 Å². The first-order chi connectivity index (χ1) is 9.54. The first kappa shape index (κ1) is 16.4. The highest BCUT2D eigenvalue weighted by Gasteiger charge is 2.24. The Balaban J connectivity index is 2.16. The molecule has 1 rings (SSSR count). The highest BCUT2D eigenvalue weighted by molar-refractivity contribution is 6.12. The van der Waals surface area contributed by atoms with Crippen LogP contribution >= 0.6 is 0 Å². The van der Waals surface area contributed by atoms with Crippen LogP contribution < -0.4 is 0 Å². The van der Waals surface area contributed by atoms with Gasteiger partial charge >= 0.3 is 5.97 Å². The van der Waals surface area contributed by atoms with Crippen molar-refractivity contribution in [1.82, 2.24) is 4.90 Å². The van der Waals surface area contributed by atoms with Gasteiger partial charge in [-0.2, -0.15) is 0 Å². The number of carbonyl (C=O) groups is 3. The van der Waals surface area contributed by atoms with Crippen LogP contribution in [0.5, 0.6) is 0 Å². The fourth-order valence-electron chi connectivity index (χ4n) is 2.06. The van der Waals surface area contributed by atoms with Crippen molar-refractivity contribution in [3.05, 3.63) is 12.2 Å². The van der Waals surface area contributed by atoms with Crippen molar-refractivity contribution in [3.63, 3.8) is 0 Å². The van der Waals surface area contributed by atoms with Crippen LogP contribution in [0.15, 0.2) is 12.2 Å². The smallest absolute Gasteiger partial charge is 0.307 e. The summed E-state index contributed by atoms with van der Waals surface area (Å²) in [7, 11) is 0. The predicted molar refractivity (Wildman–Crippen MR) is 74.8 cm³/mol. The van der Waals surface area contributed by atoms with Crippen molar-refractivity contribution in [3.8, 4) is 0 Å². The molecule has 0 aromatic rings. The van der Waals surface area contributed by atoms with Gasteiger partial charge < -0.3 is 4.74 Å². The number of amides is 2. The number of hydrogen-bond donors (Lipinski definition) is 0. The largest absolute Gasteiger partial charge is 0.463 e. The SMILES string of the molecule is CCCCCCC(C)OC(=O)CCN1C(=O)C=CC1=O. The van der Waals surface area contributed by atoms with Gasteiger partial charge in [0, 0.05) is 18.7 Å². The fourth-order valence-corrected chi connectivity index (χ4v) is 2.06. The van der Waals surface area contributed by atoms with Gasteiger partial charge in [0.05, 0.1) is 12.5 Å². The molecule has 5 heteroatoms. The van der Waals surface area contributed by atoms with Crippen molar-refractivity contribution >= 4 is 17.8 Å². The van der Waals surface area contributed by atoms with E-state index in [9.17, 15) is 14.4 Å². The molecular weight excluding hydrogens is 258 g/mol. The molecule has 0 saturated carbocycles. The molecule has 1 unspecified atom stereocenters. The molecule has 2 amide bonds. The van der Waals surface area contributed by atoms with Crippen LogP contribution in [-0.4, -0.2) is 35.3 Å². The summed E-state index contributed by atoms with van der Waals surface area (Å²) in [5, 5.41) is 0. The predicted octanol–water partition coefficient (Wildman–Crippen LogP) is 2.20. The van der Waals surface area contributed by atoms with Gasteiger partial charge in [-0.1, -0.05) is 26.2 Å². The lowest BCUT2D eigenvalue weighted by Gasteiger charge is -2.16. The summed E-state index contributed by atoms with van der Waals surface area (Å²) >= 11 is 0. The summed E-state index contributed by atoms with van der Waals surface area (Å²) in [5.74, 6) is -1.09. The fraction of sp³-hybridized carbons (Fsp3) is 0.667. The van der Waals surface area contributed by atoms with E-state index in [1.54, 1.807) is 0 Å². The molecular formula is C15H23NO4. The van der Waals surface area contributed by atoms with Crippen molar-refractivity contribution in [2.24, 2.45) is 0 Å². The maximum atomic E-state index is 11.6. The lowest BCUT2D eigenvalue weighted by Crippen LogP contribution is -2.32. The highest BCUT2D eigenvalue weighted by atomic mass is 16.5. The van der Waals surface area contributed by atoms with Crippen molar-refractivity contribution in [2.45, 2.75) is 58.5 Å². The molecule has 0 N–H and O–H groups in total. The molecule has 1 aliphatic rings. The molecule has 1 atom stereocenters.